The third-order valence-electron chi connectivity index (χ3n) is 2.98. The number of methoxy groups -OCH3 is 1. The molecule has 2 aromatic rings. The van der Waals surface area contributed by atoms with Gasteiger partial charge in [-0.3, -0.25) is 0 Å². The summed E-state index contributed by atoms with van der Waals surface area (Å²) in [6.07, 6.45) is 1.59. The second-order valence-electron chi connectivity index (χ2n) is 5.51. The van der Waals surface area contributed by atoms with Crippen LogP contribution in [0.3, 0.4) is 0 Å². The van der Waals surface area contributed by atoms with Gasteiger partial charge in [0.2, 0.25) is 5.69 Å². The van der Waals surface area contributed by atoms with E-state index in [0.29, 0.717) is 29.9 Å². The van der Waals surface area contributed by atoms with Crippen molar-refractivity contribution in [3.8, 4) is 17.6 Å². The maximum atomic E-state index is 8.94. The fourth-order valence-electron chi connectivity index (χ4n) is 1.88. The minimum atomic E-state index is 0.166. The Balaban J connectivity index is 2.08. The Hall–Kier alpha value is -3.01. The summed E-state index contributed by atoms with van der Waals surface area (Å²) in [7, 11) is 1.59. The quantitative estimate of drug-likeness (QED) is 0.619. The first kappa shape index (κ1) is 17.3. The molecule has 0 aliphatic heterocycles. The molecule has 0 saturated carbocycles. The highest BCUT2D eigenvalue weighted by atomic mass is 16.5. The van der Waals surface area contributed by atoms with Gasteiger partial charge in [0.1, 0.15) is 6.07 Å². The number of aryl methyl sites for hydroxylation is 1. The molecule has 7 nitrogen and oxygen atoms in total. The maximum Gasteiger partial charge on any atom is 0.252 e. The summed E-state index contributed by atoms with van der Waals surface area (Å²) in [6.45, 7) is 6.45. The number of nitrogens with zero attached hydrogens (tertiary/aromatic N) is 3. The Morgan fingerprint density at radius 2 is 2.21 bits per heavy atom. The molecule has 0 spiro atoms. The Labute approximate surface area is 140 Å². The first-order valence-corrected chi connectivity index (χ1v) is 7.51. The van der Waals surface area contributed by atoms with Crippen LogP contribution >= 0.6 is 0 Å². The van der Waals surface area contributed by atoms with Crippen LogP contribution in [0.4, 0.5) is 5.88 Å². The molecular weight excluding hydrogens is 308 g/mol. The Morgan fingerprint density at radius 3 is 2.88 bits per heavy atom. The summed E-state index contributed by atoms with van der Waals surface area (Å²) in [5.74, 6) is 2.37. The van der Waals surface area contributed by atoms with Crippen molar-refractivity contribution in [2.75, 3.05) is 19.1 Å². The average molecular weight is 328 g/mol. The molecule has 0 unspecified atom stereocenters. The van der Waals surface area contributed by atoms with Crippen molar-refractivity contribution >= 4 is 12.1 Å². The van der Waals surface area contributed by atoms with Gasteiger partial charge in [-0.1, -0.05) is 13.8 Å². The van der Waals surface area contributed by atoms with Gasteiger partial charge in [-0.25, -0.2) is 10.4 Å². The molecule has 1 N–H and O–H groups in total. The van der Waals surface area contributed by atoms with Crippen LogP contribution in [0.2, 0.25) is 0 Å². The minimum Gasteiger partial charge on any atom is -0.493 e. The molecule has 24 heavy (non-hydrogen) atoms. The minimum absolute atomic E-state index is 0.166. The fraction of sp³-hybridized carbons (Fsp3) is 0.353. The topological polar surface area (TPSA) is 92.7 Å². The molecule has 1 aromatic carbocycles. The van der Waals surface area contributed by atoms with Crippen LogP contribution in [0.25, 0.3) is 0 Å². The summed E-state index contributed by atoms with van der Waals surface area (Å²) in [6, 6.07) is 7.45. The molecule has 126 valence electrons. The molecule has 0 amide bonds. The van der Waals surface area contributed by atoms with Gasteiger partial charge in [0.05, 0.1) is 19.9 Å². The largest absolute Gasteiger partial charge is 0.493 e. The Kier molecular flexibility index (Phi) is 5.79. The van der Waals surface area contributed by atoms with Gasteiger partial charge in [0, 0.05) is 6.92 Å². The second kappa shape index (κ2) is 8.02. The van der Waals surface area contributed by atoms with E-state index in [9.17, 15) is 0 Å². The first-order valence-electron chi connectivity index (χ1n) is 7.51. The number of aromatic nitrogens is 1. The second-order valence-corrected chi connectivity index (χ2v) is 5.51. The molecule has 0 atom stereocenters. The number of rotatable bonds is 7. The van der Waals surface area contributed by atoms with Crippen LogP contribution in [0.5, 0.6) is 11.5 Å². The summed E-state index contributed by atoms with van der Waals surface area (Å²) in [5, 5.41) is 13.0. The third-order valence-corrected chi connectivity index (χ3v) is 2.98. The van der Waals surface area contributed by atoms with E-state index in [-0.39, 0.29) is 11.6 Å². The van der Waals surface area contributed by atoms with E-state index in [4.69, 9.17) is 19.2 Å². The van der Waals surface area contributed by atoms with Gasteiger partial charge < -0.3 is 13.9 Å². The molecule has 0 radical (unpaired) electrons. The zero-order valence-corrected chi connectivity index (χ0v) is 14.2. The van der Waals surface area contributed by atoms with Crippen molar-refractivity contribution in [3.63, 3.8) is 0 Å². The van der Waals surface area contributed by atoms with Crippen LogP contribution < -0.4 is 14.9 Å². The molecule has 0 aliphatic rings. The predicted molar refractivity (Wildman–Crippen MR) is 90.5 cm³/mol. The zero-order valence-electron chi connectivity index (χ0n) is 14.2. The number of hydrogen-bond donors (Lipinski definition) is 1. The van der Waals surface area contributed by atoms with E-state index in [1.807, 2.05) is 24.3 Å². The van der Waals surface area contributed by atoms with Gasteiger partial charge >= 0.3 is 0 Å². The lowest BCUT2D eigenvalue weighted by Gasteiger charge is -2.12. The van der Waals surface area contributed by atoms with Gasteiger partial charge in [-0.2, -0.15) is 10.4 Å². The lowest BCUT2D eigenvalue weighted by molar-refractivity contribution is 0.257. The van der Waals surface area contributed by atoms with Crippen molar-refractivity contribution < 1.29 is 13.9 Å². The summed E-state index contributed by atoms with van der Waals surface area (Å²) >= 11 is 0. The van der Waals surface area contributed by atoms with Gasteiger partial charge in [-0.05, 0) is 29.7 Å². The highest BCUT2D eigenvalue weighted by molar-refractivity contribution is 5.81. The Morgan fingerprint density at radius 1 is 1.42 bits per heavy atom. The first-order chi connectivity index (χ1) is 11.5. The highest BCUT2D eigenvalue weighted by Crippen LogP contribution is 2.28. The third kappa shape index (κ3) is 4.49. The number of nitrogens with one attached hydrogen (secondary N) is 1. The molecule has 1 aromatic heterocycles. The summed E-state index contributed by atoms with van der Waals surface area (Å²) < 4.78 is 16.3. The fourth-order valence-corrected chi connectivity index (χ4v) is 1.88. The molecule has 2 rings (SSSR count). The molecular formula is C17H20N4O3. The summed E-state index contributed by atoms with van der Waals surface area (Å²) in [4.78, 5) is 3.93. The molecule has 0 aliphatic carbocycles. The van der Waals surface area contributed by atoms with E-state index in [1.54, 1.807) is 20.2 Å². The van der Waals surface area contributed by atoms with Crippen molar-refractivity contribution in [2.24, 2.45) is 11.0 Å². The number of hydrogen-bond acceptors (Lipinski definition) is 7. The van der Waals surface area contributed by atoms with Gasteiger partial charge in [0.25, 0.3) is 5.88 Å². The molecule has 0 fully saturated rings. The number of nitriles is 1. The molecule has 1 heterocycles. The standard InChI is InChI=1S/C17H20N4O3/c1-11(2)10-23-15-6-5-13(7-16(15)22-4)9-19-21-17-14(8-18)20-12(3)24-17/h5-7,9,11,21H,10H2,1-4H3/b19-9+. The van der Waals surface area contributed by atoms with E-state index in [2.05, 4.69) is 29.4 Å². The average Bonchev–Trinajstić information content (AvgIpc) is 2.93. The zero-order chi connectivity index (χ0) is 17.5. The van der Waals surface area contributed by atoms with E-state index in [0.717, 1.165) is 5.56 Å². The van der Waals surface area contributed by atoms with Gasteiger partial charge in [-0.15, -0.1) is 0 Å². The molecule has 0 bridgehead atoms. The van der Waals surface area contributed by atoms with E-state index in [1.165, 1.54) is 0 Å². The van der Waals surface area contributed by atoms with Crippen molar-refractivity contribution in [1.29, 1.82) is 5.26 Å². The van der Waals surface area contributed by atoms with Gasteiger partial charge in [0.15, 0.2) is 17.4 Å². The smallest absolute Gasteiger partial charge is 0.252 e. The lowest BCUT2D eigenvalue weighted by Crippen LogP contribution is -2.05. The number of ether oxygens (including phenoxy) is 2. The lowest BCUT2D eigenvalue weighted by atomic mass is 10.2. The normalized spacial score (nSPS) is 10.8. The van der Waals surface area contributed by atoms with Crippen LogP contribution in [-0.4, -0.2) is 24.9 Å². The number of oxazole rings is 1. The highest BCUT2D eigenvalue weighted by Gasteiger charge is 2.09. The van der Waals surface area contributed by atoms with Crippen LogP contribution in [0, 0.1) is 24.2 Å². The SMILES string of the molecule is COc1cc(/C=N/Nc2oc(C)nc2C#N)ccc1OCC(C)C. The number of anilines is 1. The molecule has 0 saturated heterocycles. The molecule has 7 heteroatoms. The maximum absolute atomic E-state index is 8.94. The van der Waals surface area contributed by atoms with Crippen LogP contribution in [-0.2, 0) is 0 Å². The monoisotopic (exact) mass is 328 g/mol. The Bertz CT molecular complexity index is 760. The van der Waals surface area contributed by atoms with E-state index >= 15 is 0 Å². The predicted octanol–water partition coefficient (Wildman–Crippen LogP) is 3.34. The van der Waals surface area contributed by atoms with Crippen molar-refractivity contribution in [2.45, 2.75) is 20.8 Å². The number of benzene rings is 1. The van der Waals surface area contributed by atoms with Crippen LogP contribution in [0.1, 0.15) is 31.0 Å². The van der Waals surface area contributed by atoms with Crippen molar-refractivity contribution in [3.05, 3.63) is 35.3 Å². The number of hydrazone groups is 1. The summed E-state index contributed by atoms with van der Waals surface area (Å²) in [5.41, 5.74) is 3.65. The van der Waals surface area contributed by atoms with Crippen molar-refractivity contribution in [1.82, 2.24) is 4.98 Å². The van der Waals surface area contributed by atoms with E-state index < -0.39 is 0 Å². The van der Waals surface area contributed by atoms with Crippen LogP contribution in [0.15, 0.2) is 27.7 Å².